The molecule has 0 bridgehead atoms. The number of aromatic amines is 1. The fraction of sp³-hybridized carbons (Fsp3) is 0.0556. The summed E-state index contributed by atoms with van der Waals surface area (Å²) in [5, 5.41) is 64.8. The monoisotopic (exact) mass is 1530 g/mol. The third-order valence-corrected chi connectivity index (χ3v) is 17.7. The lowest BCUT2D eigenvalue weighted by Crippen LogP contribution is -2.15. The molecule has 0 radical (unpaired) electrons. The van der Waals surface area contributed by atoms with Crippen LogP contribution in [-0.2, 0) is 40.1 Å². The van der Waals surface area contributed by atoms with Crippen LogP contribution in [0.3, 0.4) is 0 Å². The Bertz CT molecular complexity index is 4460. The third kappa shape index (κ3) is 28.1. The van der Waals surface area contributed by atoms with Gasteiger partial charge in [0, 0.05) is 12.4 Å². The number of thiophene rings is 2. The first kappa shape index (κ1) is 83.1. The molecule has 13 N–H and O–H groups in total. The zero-order chi connectivity index (χ0) is 76.6. The first-order chi connectivity index (χ1) is 49.1. The number of para-hydroxylation sites is 4. The molecule has 0 saturated carbocycles. The summed E-state index contributed by atoms with van der Waals surface area (Å²) in [7, 11) is -16.5. The number of ether oxygens (including phenoxy) is 4. The Morgan fingerprint density at radius 1 is 0.327 bits per heavy atom. The number of nitrogens with two attached hydrogens (primary N) is 4. The number of sulfonamides is 4. The number of benzene rings is 8. The number of furan rings is 1. The number of carbonyl (C=O) groups is 4. The molecule has 544 valence electrons. The van der Waals surface area contributed by atoms with E-state index in [2.05, 4.69) is 9.40 Å². The topological polar surface area (TPSA) is 456 Å². The maximum atomic E-state index is 11.7. The number of rotatable bonds is 16. The van der Waals surface area contributed by atoms with Gasteiger partial charge < -0.3 is 48.8 Å². The zero-order valence-electron chi connectivity index (χ0n) is 55.4. The van der Waals surface area contributed by atoms with Crippen molar-refractivity contribution in [2.75, 3.05) is 0 Å². The van der Waals surface area contributed by atoms with E-state index in [-0.39, 0.29) is 64.8 Å². The molecule has 4 heterocycles. The van der Waals surface area contributed by atoms with Gasteiger partial charge in [0.05, 0.1) is 34.8 Å². The molecule has 0 spiro atoms. The second kappa shape index (κ2) is 40.2. The Morgan fingerprint density at radius 2 is 0.538 bits per heavy atom. The minimum atomic E-state index is -4.12. The van der Waals surface area contributed by atoms with Crippen LogP contribution >= 0.6 is 22.7 Å². The molecule has 0 aliphatic rings. The van der Waals surface area contributed by atoms with Crippen LogP contribution in [0.4, 0.5) is 0 Å². The zero-order valence-corrected chi connectivity index (χ0v) is 60.3. The number of primary sulfonamides is 4. The molecule has 0 aliphatic carbocycles. The van der Waals surface area contributed by atoms with Gasteiger partial charge in [0.2, 0.25) is 40.1 Å². The summed E-state index contributed by atoms with van der Waals surface area (Å²) < 4.78 is 120. The predicted molar refractivity (Wildman–Crippen MR) is 392 cm³/mol. The van der Waals surface area contributed by atoms with E-state index in [0.717, 1.165) is 24.3 Å². The van der Waals surface area contributed by atoms with Crippen LogP contribution in [0.15, 0.2) is 289 Å². The number of aromatic nitrogens is 1. The van der Waals surface area contributed by atoms with Crippen molar-refractivity contribution in [2.24, 2.45) is 20.6 Å². The quantitative estimate of drug-likeness (QED) is 0.0434. The van der Waals surface area contributed by atoms with Gasteiger partial charge >= 0.3 is 23.9 Å². The molecule has 8 aromatic carbocycles. The molecule has 26 nitrogen and oxygen atoms in total. The highest BCUT2D eigenvalue weighted by atomic mass is 32.2. The van der Waals surface area contributed by atoms with Crippen molar-refractivity contribution in [3.8, 4) is 46.0 Å². The van der Waals surface area contributed by atoms with E-state index in [1.807, 2.05) is 82.4 Å². The van der Waals surface area contributed by atoms with Crippen LogP contribution in [0.25, 0.3) is 0 Å². The highest BCUT2D eigenvalue weighted by molar-refractivity contribution is 7.90. The van der Waals surface area contributed by atoms with Gasteiger partial charge in [-0.25, -0.2) is 73.4 Å². The largest absolute Gasteiger partial charge is 0.478 e. The molecule has 0 saturated heterocycles. The summed E-state index contributed by atoms with van der Waals surface area (Å²) in [5.41, 5.74) is 0.777. The van der Waals surface area contributed by atoms with Crippen molar-refractivity contribution in [3.63, 3.8) is 0 Å². The molecule has 32 heteroatoms. The van der Waals surface area contributed by atoms with Gasteiger partial charge in [-0.3, -0.25) is 0 Å². The summed E-state index contributed by atoms with van der Waals surface area (Å²) in [6.07, 6.45) is 7.00. The average molecular weight is 1530 g/mol. The number of carboxylic acids is 4. The first-order valence-corrected chi connectivity index (χ1v) is 37.8. The van der Waals surface area contributed by atoms with Gasteiger partial charge in [-0.2, -0.15) is 22.7 Å². The maximum absolute atomic E-state index is 11.7. The van der Waals surface area contributed by atoms with E-state index in [4.69, 9.17) is 59.9 Å². The molecule has 4 aromatic heterocycles. The van der Waals surface area contributed by atoms with Gasteiger partial charge in [0.25, 0.3) is 0 Å². The number of nitrogens with one attached hydrogen (secondary N) is 1. The van der Waals surface area contributed by atoms with Crippen molar-refractivity contribution in [2.45, 2.75) is 47.3 Å². The van der Waals surface area contributed by atoms with Crippen LogP contribution in [0.2, 0.25) is 0 Å². The second-order valence-corrected chi connectivity index (χ2v) is 28.6. The van der Waals surface area contributed by atoms with Gasteiger partial charge in [-0.05, 0) is 193 Å². The van der Waals surface area contributed by atoms with Crippen LogP contribution in [0.1, 0.15) is 63.7 Å². The average Bonchev–Trinajstić information content (AvgIpc) is 0.900. The molecule has 0 unspecified atom stereocenters. The van der Waals surface area contributed by atoms with Crippen molar-refractivity contribution in [3.05, 3.63) is 309 Å². The van der Waals surface area contributed by atoms with Crippen LogP contribution in [0.5, 0.6) is 46.0 Å². The molecule has 12 aromatic rings. The molecule has 0 amide bonds. The molecule has 0 fully saturated rings. The lowest BCUT2D eigenvalue weighted by Gasteiger charge is -2.13. The van der Waals surface area contributed by atoms with Crippen molar-refractivity contribution in [1.82, 2.24) is 4.98 Å². The van der Waals surface area contributed by atoms with E-state index < -0.39 is 64.0 Å². The van der Waals surface area contributed by atoms with E-state index in [0.29, 0.717) is 45.3 Å². The fourth-order valence-corrected chi connectivity index (χ4v) is 12.1. The molecule has 0 aliphatic heterocycles. The van der Waals surface area contributed by atoms with E-state index in [1.165, 1.54) is 24.3 Å². The van der Waals surface area contributed by atoms with Crippen molar-refractivity contribution in [1.29, 1.82) is 0 Å². The standard InChI is InChI=1S/4C14H13NO5S.C4H5N.C4H4O.2C4H4S/c4*1-9-7-10(14(16)17)8-12(21(15,18)19)13(9)20-11-5-3-2-4-6-11;4*1-2-4-5-3-1/h4*2-8H,1H3,(H,16,17)(H2,15,18,19);1-5H;3*1-4H. The third-order valence-electron chi connectivity index (χ3n) is 12.8. The molecule has 0 atom stereocenters. The van der Waals surface area contributed by atoms with Crippen molar-refractivity contribution >= 4 is 86.6 Å². The SMILES string of the molecule is Cc1cc(C(=O)O)cc(S(N)(=O)=O)c1Oc1ccccc1.Cc1cc(C(=O)O)cc(S(N)(=O)=O)c1Oc1ccccc1.Cc1cc(C(=O)O)cc(S(N)(=O)=O)c1Oc1ccccc1.Cc1cc(C(=O)O)cc(S(N)(=O)=O)c1Oc1ccccc1.c1cc[nH]c1.c1ccoc1.c1ccsc1.c1ccsc1. The Morgan fingerprint density at radius 3 is 0.673 bits per heavy atom. The normalized spacial score (nSPS) is 10.5. The molecule has 12 rings (SSSR count). The van der Waals surface area contributed by atoms with Gasteiger partial charge in [-0.1, -0.05) is 97.1 Å². The summed E-state index contributed by atoms with van der Waals surface area (Å²) >= 11 is 3.43. The molecular formula is C72H69N5O21S6. The lowest BCUT2D eigenvalue weighted by molar-refractivity contribution is 0.0685. The number of carboxylic acid groups (broad SMARTS) is 4. The molecular weight excluding hydrogens is 1460 g/mol. The number of H-pyrrole nitrogens is 1. The number of aryl methyl sites for hydroxylation is 4. The lowest BCUT2D eigenvalue weighted by atomic mass is 10.1. The predicted octanol–water partition coefficient (Wildman–Crippen LogP) is 14.3. The summed E-state index contributed by atoms with van der Waals surface area (Å²) in [6.45, 7) is 6.22. The van der Waals surface area contributed by atoms with Gasteiger partial charge in [0.15, 0.2) is 0 Å². The highest BCUT2D eigenvalue weighted by Gasteiger charge is 2.26. The second-order valence-electron chi connectivity index (χ2n) is 20.8. The van der Waals surface area contributed by atoms with Crippen molar-refractivity contribution < 1.29 is 96.6 Å². The Kier molecular flexibility index (Phi) is 32.1. The Labute approximate surface area is 607 Å². The van der Waals surface area contributed by atoms with E-state index in [9.17, 15) is 52.8 Å². The van der Waals surface area contributed by atoms with Gasteiger partial charge in [-0.15, -0.1) is 0 Å². The van der Waals surface area contributed by atoms with Gasteiger partial charge in [0.1, 0.15) is 65.6 Å². The maximum Gasteiger partial charge on any atom is 0.335 e. The summed E-state index contributed by atoms with van der Waals surface area (Å²) in [6, 6.07) is 59.1. The van der Waals surface area contributed by atoms with Crippen LogP contribution < -0.4 is 39.5 Å². The number of aromatic carboxylic acids is 4. The summed E-state index contributed by atoms with van der Waals surface area (Å²) in [5.74, 6) is -3.18. The van der Waals surface area contributed by atoms with E-state index in [1.54, 1.807) is 184 Å². The summed E-state index contributed by atoms with van der Waals surface area (Å²) in [4.78, 5) is 45.5. The number of hydrogen-bond donors (Lipinski definition) is 9. The minimum absolute atomic E-state index is 0.0219. The molecule has 104 heavy (non-hydrogen) atoms. The van der Waals surface area contributed by atoms with Crippen LogP contribution in [0, 0.1) is 27.7 Å². The minimum Gasteiger partial charge on any atom is -0.478 e. The first-order valence-electron chi connectivity index (χ1n) is 29.7. The highest BCUT2D eigenvalue weighted by Crippen LogP contribution is 2.37. The van der Waals surface area contributed by atoms with Crippen LogP contribution in [-0.4, -0.2) is 83.0 Å². The Hall–Kier alpha value is -11.6. The number of hydrogen-bond acceptors (Lipinski definition) is 19. The smallest absolute Gasteiger partial charge is 0.335 e. The Balaban J connectivity index is 0.000000227. The fourth-order valence-electron chi connectivity index (χ4n) is 8.21. The van der Waals surface area contributed by atoms with E-state index >= 15 is 0 Å².